The van der Waals surface area contributed by atoms with Crippen LogP contribution in [0.2, 0.25) is 0 Å². The third-order valence-corrected chi connectivity index (χ3v) is 7.23. The molecule has 0 N–H and O–H groups in total. The molecule has 162 valence electrons. The maximum Gasteiger partial charge on any atom is 0.274 e. The topological polar surface area (TPSA) is 39.3 Å². The number of para-hydroxylation sites is 1. The molecule has 0 radical (unpaired) electrons. The molecular formula is C27H20FN3OS. The van der Waals surface area contributed by atoms with Crippen molar-refractivity contribution in [2.45, 2.75) is 20.4 Å². The highest BCUT2D eigenvalue weighted by atomic mass is 32.1. The third-order valence-electron chi connectivity index (χ3n) is 6.26. The lowest BCUT2D eigenvalue weighted by molar-refractivity contribution is 0.602. The molecule has 0 saturated heterocycles. The molecule has 6 heteroatoms. The van der Waals surface area contributed by atoms with Crippen LogP contribution in [0.4, 0.5) is 4.39 Å². The zero-order chi connectivity index (χ0) is 22.7. The van der Waals surface area contributed by atoms with Crippen LogP contribution in [0.15, 0.2) is 71.7 Å². The quantitative estimate of drug-likeness (QED) is 0.369. The Bertz CT molecular complexity index is 1810. The fraction of sp³-hybridized carbons (Fsp3) is 0.111. The van der Waals surface area contributed by atoms with E-state index in [1.165, 1.54) is 17.4 Å². The molecule has 0 aliphatic carbocycles. The largest absolute Gasteiger partial charge is 0.342 e. The van der Waals surface area contributed by atoms with Gasteiger partial charge >= 0.3 is 0 Å². The molecule has 3 aromatic heterocycles. The molecule has 0 fully saturated rings. The van der Waals surface area contributed by atoms with Crippen molar-refractivity contribution in [3.63, 3.8) is 0 Å². The molecule has 3 aromatic carbocycles. The number of aryl methyl sites for hydroxylation is 2. The highest BCUT2D eigenvalue weighted by Crippen LogP contribution is 2.24. The standard InChI is InChI=1S/C27H20FN3OS/c1-16-11-22-24(12-17(16)2)31-26(32)25(33-27(31)29-22)13-19-15-30(23-10-6-4-8-20(19)23)14-18-7-3-5-9-21(18)28/h3-13,15H,14H2,1-2H3/b25-13-. The first-order valence-corrected chi connectivity index (χ1v) is 11.6. The zero-order valence-corrected chi connectivity index (χ0v) is 19.0. The Labute approximate surface area is 192 Å². The molecule has 6 aromatic rings. The summed E-state index contributed by atoms with van der Waals surface area (Å²) in [5.74, 6) is -0.223. The molecule has 0 saturated carbocycles. The van der Waals surface area contributed by atoms with Gasteiger partial charge in [0.2, 0.25) is 0 Å². The van der Waals surface area contributed by atoms with Crippen LogP contribution in [-0.2, 0) is 6.54 Å². The Morgan fingerprint density at radius 1 is 1.00 bits per heavy atom. The van der Waals surface area contributed by atoms with Crippen molar-refractivity contribution in [1.29, 1.82) is 0 Å². The lowest BCUT2D eigenvalue weighted by Crippen LogP contribution is -2.22. The lowest BCUT2D eigenvalue weighted by Gasteiger charge is -2.06. The summed E-state index contributed by atoms with van der Waals surface area (Å²) in [5.41, 5.74) is 6.47. The van der Waals surface area contributed by atoms with E-state index in [9.17, 15) is 9.18 Å². The maximum absolute atomic E-state index is 14.3. The van der Waals surface area contributed by atoms with Gasteiger partial charge in [-0.05, 0) is 55.3 Å². The molecule has 0 unspecified atom stereocenters. The first-order chi connectivity index (χ1) is 16.0. The minimum absolute atomic E-state index is 0.0633. The minimum atomic E-state index is -0.223. The minimum Gasteiger partial charge on any atom is -0.342 e. The summed E-state index contributed by atoms with van der Waals surface area (Å²) in [6, 6.07) is 18.9. The highest BCUT2D eigenvalue weighted by Gasteiger charge is 2.14. The Morgan fingerprint density at radius 2 is 1.76 bits per heavy atom. The molecule has 33 heavy (non-hydrogen) atoms. The maximum atomic E-state index is 14.3. The molecule has 0 aliphatic heterocycles. The van der Waals surface area contributed by atoms with Gasteiger partial charge in [0.1, 0.15) is 5.82 Å². The molecule has 0 spiro atoms. The second kappa shape index (κ2) is 7.39. The second-order valence-electron chi connectivity index (χ2n) is 8.39. The number of imidazole rings is 1. The summed E-state index contributed by atoms with van der Waals surface area (Å²) in [4.78, 5) is 18.7. The fourth-order valence-electron chi connectivity index (χ4n) is 4.39. The van der Waals surface area contributed by atoms with Crippen LogP contribution in [0.1, 0.15) is 22.3 Å². The van der Waals surface area contributed by atoms with Crippen molar-refractivity contribution in [3.8, 4) is 0 Å². The summed E-state index contributed by atoms with van der Waals surface area (Å²) in [5, 5.41) is 1.02. The van der Waals surface area contributed by atoms with Gasteiger partial charge in [-0.1, -0.05) is 47.7 Å². The van der Waals surface area contributed by atoms with Gasteiger partial charge in [-0.3, -0.25) is 4.79 Å². The number of aromatic nitrogens is 3. The summed E-state index contributed by atoms with van der Waals surface area (Å²) in [7, 11) is 0. The monoisotopic (exact) mass is 453 g/mol. The number of rotatable bonds is 3. The van der Waals surface area contributed by atoms with Crippen molar-refractivity contribution in [1.82, 2.24) is 14.0 Å². The number of hydrogen-bond donors (Lipinski definition) is 0. The zero-order valence-electron chi connectivity index (χ0n) is 18.2. The van der Waals surface area contributed by atoms with Gasteiger partial charge in [0.15, 0.2) is 4.96 Å². The van der Waals surface area contributed by atoms with Gasteiger partial charge in [-0.15, -0.1) is 0 Å². The van der Waals surface area contributed by atoms with Crippen LogP contribution < -0.4 is 10.1 Å². The first kappa shape index (κ1) is 19.9. The predicted molar refractivity (Wildman–Crippen MR) is 133 cm³/mol. The van der Waals surface area contributed by atoms with E-state index in [2.05, 4.69) is 11.9 Å². The van der Waals surface area contributed by atoms with Crippen molar-refractivity contribution < 1.29 is 4.39 Å². The number of benzene rings is 3. The van der Waals surface area contributed by atoms with E-state index in [4.69, 9.17) is 0 Å². The Balaban J connectivity index is 1.54. The van der Waals surface area contributed by atoms with Crippen molar-refractivity contribution in [2.24, 2.45) is 0 Å². The van der Waals surface area contributed by atoms with Crippen LogP contribution >= 0.6 is 11.3 Å². The third kappa shape index (κ3) is 3.17. The number of hydrogen-bond acceptors (Lipinski definition) is 3. The van der Waals surface area contributed by atoms with Gasteiger partial charge in [0.25, 0.3) is 5.56 Å². The first-order valence-electron chi connectivity index (χ1n) is 10.7. The Kier molecular flexibility index (Phi) is 4.45. The van der Waals surface area contributed by atoms with Crippen LogP contribution in [0.25, 0.3) is 33.0 Å². The fourth-order valence-corrected chi connectivity index (χ4v) is 5.37. The SMILES string of the molecule is Cc1cc2nc3s/c(=C\c4cn(Cc5ccccc5F)c5ccccc45)c(=O)n3c2cc1C. The summed E-state index contributed by atoms with van der Waals surface area (Å²) < 4.78 is 18.6. The van der Waals surface area contributed by atoms with Crippen molar-refractivity contribution in [3.05, 3.63) is 110 Å². The van der Waals surface area contributed by atoms with E-state index in [-0.39, 0.29) is 11.4 Å². The normalized spacial score (nSPS) is 12.5. The van der Waals surface area contributed by atoms with Crippen molar-refractivity contribution in [2.75, 3.05) is 0 Å². The van der Waals surface area contributed by atoms with E-state index in [1.807, 2.05) is 66.2 Å². The second-order valence-corrected chi connectivity index (χ2v) is 9.40. The van der Waals surface area contributed by atoms with E-state index >= 15 is 0 Å². The number of halogens is 1. The van der Waals surface area contributed by atoms with Gasteiger partial charge in [0, 0.05) is 28.2 Å². The predicted octanol–water partition coefficient (Wildman–Crippen LogP) is 5.22. The van der Waals surface area contributed by atoms with Crippen molar-refractivity contribution >= 4 is 44.3 Å². The molecule has 0 bridgehead atoms. The lowest BCUT2D eigenvalue weighted by atomic mass is 10.1. The molecular weight excluding hydrogens is 433 g/mol. The average Bonchev–Trinajstić information content (AvgIpc) is 3.42. The summed E-state index contributed by atoms with van der Waals surface area (Å²) >= 11 is 1.39. The molecule has 6 rings (SSSR count). The van der Waals surface area contributed by atoms with Crippen LogP contribution in [0, 0.1) is 19.7 Å². The van der Waals surface area contributed by atoms with Crippen LogP contribution in [-0.4, -0.2) is 14.0 Å². The summed E-state index contributed by atoms with van der Waals surface area (Å²) in [6.07, 6.45) is 3.92. The highest BCUT2D eigenvalue weighted by molar-refractivity contribution is 7.15. The number of thiazole rings is 1. The van der Waals surface area contributed by atoms with Gasteiger partial charge in [-0.2, -0.15) is 0 Å². The number of nitrogens with zero attached hydrogens (tertiary/aromatic N) is 3. The molecule has 0 atom stereocenters. The van der Waals surface area contributed by atoms with E-state index in [1.54, 1.807) is 16.5 Å². The van der Waals surface area contributed by atoms with E-state index in [0.717, 1.165) is 38.6 Å². The van der Waals surface area contributed by atoms with Crippen LogP contribution in [0.3, 0.4) is 0 Å². The number of fused-ring (bicyclic) bond motifs is 4. The molecule has 0 aliphatic rings. The van der Waals surface area contributed by atoms with Gasteiger partial charge < -0.3 is 4.57 Å². The van der Waals surface area contributed by atoms with E-state index < -0.39 is 0 Å². The van der Waals surface area contributed by atoms with Crippen LogP contribution in [0.5, 0.6) is 0 Å². The molecule has 0 amide bonds. The Morgan fingerprint density at radius 3 is 2.61 bits per heavy atom. The Hall–Kier alpha value is -3.77. The summed E-state index contributed by atoms with van der Waals surface area (Å²) in [6.45, 7) is 4.52. The average molecular weight is 454 g/mol. The smallest absolute Gasteiger partial charge is 0.274 e. The van der Waals surface area contributed by atoms with Gasteiger partial charge in [0.05, 0.1) is 22.1 Å². The van der Waals surface area contributed by atoms with Gasteiger partial charge in [-0.25, -0.2) is 13.8 Å². The molecule has 4 nitrogen and oxygen atoms in total. The van der Waals surface area contributed by atoms with E-state index in [0.29, 0.717) is 21.6 Å². The molecule has 3 heterocycles.